The Morgan fingerprint density at radius 2 is 2.27 bits per heavy atom. The number of hydrogen-bond acceptors (Lipinski definition) is 5. The molecule has 1 aromatic carbocycles. The molecular weight excluding hydrogens is 346 g/mol. The first kappa shape index (κ1) is 17.2. The summed E-state index contributed by atoms with van der Waals surface area (Å²) in [7, 11) is 0. The van der Waals surface area contributed by atoms with E-state index in [1.807, 2.05) is 30.5 Å². The van der Waals surface area contributed by atoms with Gasteiger partial charge in [0.1, 0.15) is 6.54 Å². The Labute approximate surface area is 156 Å². The maximum Gasteiger partial charge on any atom is 0.241 e. The van der Waals surface area contributed by atoms with E-state index in [2.05, 4.69) is 26.8 Å². The van der Waals surface area contributed by atoms with Crippen LogP contribution in [0.4, 0.5) is 0 Å². The second kappa shape index (κ2) is 7.97. The second-order valence-electron chi connectivity index (χ2n) is 6.66. The number of aromatic nitrogens is 3. The van der Waals surface area contributed by atoms with Crippen molar-refractivity contribution in [2.24, 2.45) is 0 Å². The molecule has 0 aliphatic carbocycles. The van der Waals surface area contributed by atoms with E-state index in [1.165, 1.54) is 17.5 Å². The Hall–Kier alpha value is -2.25. The van der Waals surface area contributed by atoms with Crippen molar-refractivity contribution >= 4 is 27.5 Å². The van der Waals surface area contributed by atoms with Gasteiger partial charge in [-0.1, -0.05) is 12.1 Å². The Bertz CT molecular complexity index is 848. The van der Waals surface area contributed by atoms with Crippen LogP contribution in [0.25, 0.3) is 10.2 Å². The maximum atomic E-state index is 12.2. The summed E-state index contributed by atoms with van der Waals surface area (Å²) in [6.45, 7) is 2.93. The molecule has 136 valence electrons. The monoisotopic (exact) mass is 369 g/mol. The normalized spacial score (nSPS) is 17.5. The molecule has 1 saturated heterocycles. The number of piperidine rings is 1. The van der Waals surface area contributed by atoms with Crippen molar-refractivity contribution in [1.29, 1.82) is 0 Å². The molecule has 6 nitrogen and oxygen atoms in total. The zero-order valence-electron chi connectivity index (χ0n) is 14.6. The summed E-state index contributed by atoms with van der Waals surface area (Å²) in [5, 5.41) is 12.0. The minimum absolute atomic E-state index is 0.0115. The highest BCUT2D eigenvalue weighted by molar-refractivity contribution is 7.18. The molecule has 7 heteroatoms. The lowest BCUT2D eigenvalue weighted by molar-refractivity contribution is -0.121. The summed E-state index contributed by atoms with van der Waals surface area (Å²) in [4.78, 5) is 16.8. The van der Waals surface area contributed by atoms with Gasteiger partial charge in [-0.05, 0) is 37.6 Å². The molecule has 4 rings (SSSR count). The van der Waals surface area contributed by atoms with Gasteiger partial charge < -0.3 is 10.6 Å². The van der Waals surface area contributed by atoms with Gasteiger partial charge in [0.25, 0.3) is 0 Å². The Kier molecular flexibility index (Phi) is 5.26. The SMILES string of the molecule is O=C(Cn1ccc([C@H]2CCCNC2)n1)NCCc1nc2ccccc2s1. The molecule has 0 saturated carbocycles. The van der Waals surface area contributed by atoms with E-state index in [9.17, 15) is 4.79 Å². The van der Waals surface area contributed by atoms with Crippen LogP contribution in [0.1, 0.15) is 29.5 Å². The maximum absolute atomic E-state index is 12.2. The highest BCUT2D eigenvalue weighted by Gasteiger charge is 2.17. The molecule has 1 fully saturated rings. The number of carbonyl (C=O) groups is 1. The summed E-state index contributed by atoms with van der Waals surface area (Å²) in [5.41, 5.74) is 2.11. The summed E-state index contributed by atoms with van der Waals surface area (Å²) in [6.07, 6.45) is 5.00. The largest absolute Gasteiger partial charge is 0.354 e. The highest BCUT2D eigenvalue weighted by atomic mass is 32.1. The van der Waals surface area contributed by atoms with Gasteiger partial charge in [-0.2, -0.15) is 5.10 Å². The Morgan fingerprint density at radius 1 is 1.35 bits per heavy atom. The van der Waals surface area contributed by atoms with Crippen LogP contribution < -0.4 is 10.6 Å². The fourth-order valence-corrected chi connectivity index (χ4v) is 4.29. The van der Waals surface area contributed by atoms with Crippen LogP contribution >= 0.6 is 11.3 Å². The number of rotatable bonds is 6. The molecule has 1 aliphatic heterocycles. The molecule has 1 aliphatic rings. The van der Waals surface area contributed by atoms with Crippen LogP contribution in [-0.4, -0.2) is 40.3 Å². The van der Waals surface area contributed by atoms with Crippen molar-refractivity contribution in [2.45, 2.75) is 31.7 Å². The van der Waals surface area contributed by atoms with Crippen LogP contribution in [0.3, 0.4) is 0 Å². The lowest BCUT2D eigenvalue weighted by Crippen LogP contribution is -2.30. The third kappa shape index (κ3) is 4.11. The van der Waals surface area contributed by atoms with Crippen LogP contribution in [0, 0.1) is 0 Å². The van der Waals surface area contributed by atoms with Gasteiger partial charge in [-0.15, -0.1) is 11.3 Å². The van der Waals surface area contributed by atoms with Gasteiger partial charge in [0.05, 0.1) is 20.9 Å². The molecule has 1 amide bonds. The van der Waals surface area contributed by atoms with Crippen molar-refractivity contribution < 1.29 is 4.79 Å². The first-order valence-corrected chi connectivity index (χ1v) is 9.95. The number of para-hydroxylation sites is 1. The van der Waals surface area contributed by atoms with Gasteiger partial charge in [-0.3, -0.25) is 9.48 Å². The quantitative estimate of drug-likeness (QED) is 0.699. The van der Waals surface area contributed by atoms with Gasteiger partial charge in [-0.25, -0.2) is 4.98 Å². The van der Waals surface area contributed by atoms with Crippen LogP contribution in [0.5, 0.6) is 0 Å². The number of nitrogens with zero attached hydrogens (tertiary/aromatic N) is 3. The molecule has 2 aromatic heterocycles. The lowest BCUT2D eigenvalue weighted by Gasteiger charge is -2.20. The van der Waals surface area contributed by atoms with Crippen LogP contribution in [0.2, 0.25) is 0 Å². The van der Waals surface area contributed by atoms with Crippen molar-refractivity contribution in [3.63, 3.8) is 0 Å². The van der Waals surface area contributed by atoms with E-state index in [1.54, 1.807) is 16.0 Å². The van der Waals surface area contributed by atoms with Crippen molar-refractivity contribution in [2.75, 3.05) is 19.6 Å². The standard InChI is InChI=1S/C19H23N5OS/c25-18(13-24-11-8-15(23-24)14-4-3-9-20-12-14)21-10-7-19-22-16-5-1-2-6-17(16)26-19/h1-2,5-6,8,11,14,20H,3-4,7,9-10,12-13H2,(H,21,25)/t14-/m0/s1. The smallest absolute Gasteiger partial charge is 0.241 e. The molecule has 0 radical (unpaired) electrons. The third-order valence-electron chi connectivity index (χ3n) is 4.68. The average molecular weight is 369 g/mol. The van der Waals surface area contributed by atoms with Crippen molar-refractivity contribution in [1.82, 2.24) is 25.4 Å². The fraction of sp³-hybridized carbons (Fsp3) is 0.421. The first-order valence-electron chi connectivity index (χ1n) is 9.13. The van der Waals surface area contributed by atoms with Gasteiger partial charge in [0.15, 0.2) is 0 Å². The van der Waals surface area contributed by atoms with Crippen LogP contribution in [0.15, 0.2) is 36.5 Å². The van der Waals surface area contributed by atoms with Crippen LogP contribution in [-0.2, 0) is 17.8 Å². The second-order valence-corrected chi connectivity index (χ2v) is 7.77. The molecule has 2 N–H and O–H groups in total. The van der Waals surface area contributed by atoms with Gasteiger partial charge in [0.2, 0.25) is 5.91 Å². The summed E-state index contributed by atoms with van der Waals surface area (Å²) >= 11 is 1.69. The molecule has 0 bridgehead atoms. The number of amides is 1. The molecular formula is C19H23N5OS. The summed E-state index contributed by atoms with van der Waals surface area (Å²) < 4.78 is 2.92. The molecule has 0 unspecified atom stereocenters. The molecule has 3 heterocycles. The molecule has 3 aromatic rings. The molecule has 0 spiro atoms. The fourth-order valence-electron chi connectivity index (χ4n) is 3.33. The highest BCUT2D eigenvalue weighted by Crippen LogP contribution is 2.22. The van der Waals surface area contributed by atoms with E-state index in [0.717, 1.165) is 35.7 Å². The summed E-state index contributed by atoms with van der Waals surface area (Å²) in [5.74, 6) is 0.453. The van der Waals surface area contributed by atoms with E-state index < -0.39 is 0 Å². The number of fused-ring (bicyclic) bond motifs is 1. The molecule has 1 atom stereocenters. The predicted molar refractivity (Wildman–Crippen MR) is 103 cm³/mol. The summed E-state index contributed by atoms with van der Waals surface area (Å²) in [6, 6.07) is 10.1. The predicted octanol–water partition coefficient (Wildman–Crippen LogP) is 2.32. The van der Waals surface area contributed by atoms with Crippen molar-refractivity contribution in [3.05, 3.63) is 47.2 Å². The number of nitrogens with one attached hydrogen (secondary N) is 2. The Morgan fingerprint density at radius 3 is 3.12 bits per heavy atom. The van der Waals surface area contributed by atoms with Crippen molar-refractivity contribution in [3.8, 4) is 0 Å². The average Bonchev–Trinajstić information content (AvgIpc) is 3.29. The molecule has 26 heavy (non-hydrogen) atoms. The number of benzene rings is 1. The Balaban J connectivity index is 1.25. The van der Waals surface area contributed by atoms with E-state index >= 15 is 0 Å². The number of thiazole rings is 1. The minimum Gasteiger partial charge on any atom is -0.354 e. The van der Waals surface area contributed by atoms with Gasteiger partial charge >= 0.3 is 0 Å². The minimum atomic E-state index is -0.0115. The number of carbonyl (C=O) groups excluding carboxylic acids is 1. The van der Waals surface area contributed by atoms with E-state index in [4.69, 9.17) is 0 Å². The third-order valence-corrected chi connectivity index (χ3v) is 5.78. The zero-order chi connectivity index (χ0) is 17.8. The van der Waals surface area contributed by atoms with E-state index in [0.29, 0.717) is 12.5 Å². The number of hydrogen-bond donors (Lipinski definition) is 2. The van der Waals surface area contributed by atoms with Gasteiger partial charge in [0, 0.05) is 31.6 Å². The van der Waals surface area contributed by atoms with E-state index in [-0.39, 0.29) is 12.5 Å². The lowest BCUT2D eigenvalue weighted by atomic mass is 9.97. The first-order chi connectivity index (χ1) is 12.8. The topological polar surface area (TPSA) is 71.8 Å². The zero-order valence-corrected chi connectivity index (χ0v) is 15.5.